The summed E-state index contributed by atoms with van der Waals surface area (Å²) in [5.74, 6) is 6.86. The van der Waals surface area contributed by atoms with E-state index >= 15 is 0 Å². The van der Waals surface area contributed by atoms with Gasteiger partial charge in [-0.2, -0.15) is 4.98 Å². The minimum Gasteiger partial charge on any atom is -0.376 e. The lowest BCUT2D eigenvalue weighted by Crippen LogP contribution is -2.33. The molecule has 3 heterocycles. The first kappa shape index (κ1) is 13.5. The van der Waals surface area contributed by atoms with Crippen molar-refractivity contribution in [1.29, 1.82) is 0 Å². The van der Waals surface area contributed by atoms with Crippen molar-refractivity contribution >= 4 is 33.3 Å². The predicted octanol–water partition coefficient (Wildman–Crippen LogP) is 1.98. The fraction of sp³-hybridized carbons (Fsp3) is 0.538. The van der Waals surface area contributed by atoms with Crippen molar-refractivity contribution in [2.24, 2.45) is 5.84 Å². The molecule has 0 aliphatic carbocycles. The molecule has 2 aromatic heterocycles. The number of nitrogens with zero attached hydrogens (tertiary/aromatic N) is 3. The molecule has 1 aliphatic rings. The molecule has 20 heavy (non-hydrogen) atoms. The number of fused-ring (bicyclic) bond motifs is 1. The number of anilines is 2. The number of nitrogen functional groups attached to an aromatic ring is 1. The van der Waals surface area contributed by atoms with E-state index < -0.39 is 0 Å². The molecule has 0 aromatic carbocycles. The van der Waals surface area contributed by atoms with Crippen LogP contribution in [0.1, 0.15) is 19.8 Å². The van der Waals surface area contributed by atoms with Crippen molar-refractivity contribution < 1.29 is 4.74 Å². The first-order chi connectivity index (χ1) is 9.81. The Labute approximate surface area is 121 Å². The maximum Gasteiger partial charge on any atom is 0.240 e. The van der Waals surface area contributed by atoms with Gasteiger partial charge in [0.1, 0.15) is 10.6 Å². The summed E-state index contributed by atoms with van der Waals surface area (Å²) < 4.78 is 5.73. The maximum atomic E-state index is 5.73. The molecule has 3 rings (SSSR count). The Bertz CT molecular complexity index is 581. The van der Waals surface area contributed by atoms with Crippen LogP contribution >= 0.6 is 11.3 Å². The second-order valence-corrected chi connectivity index (χ2v) is 5.72. The summed E-state index contributed by atoms with van der Waals surface area (Å²) in [5.41, 5.74) is 2.55. The fourth-order valence-electron chi connectivity index (χ4n) is 2.54. The zero-order valence-electron chi connectivity index (χ0n) is 11.5. The molecule has 0 amide bonds. The minimum absolute atomic E-state index is 0.299. The zero-order chi connectivity index (χ0) is 13.9. The van der Waals surface area contributed by atoms with Crippen molar-refractivity contribution in [1.82, 2.24) is 9.97 Å². The topological polar surface area (TPSA) is 76.3 Å². The summed E-state index contributed by atoms with van der Waals surface area (Å²) in [6.07, 6.45) is 2.57. The Morgan fingerprint density at radius 2 is 2.45 bits per heavy atom. The van der Waals surface area contributed by atoms with Crippen molar-refractivity contribution in [2.45, 2.75) is 25.9 Å². The van der Waals surface area contributed by atoms with Crippen molar-refractivity contribution in [2.75, 3.05) is 30.0 Å². The molecule has 0 radical (unpaired) electrons. The number of hydrogen-bond acceptors (Lipinski definition) is 7. The lowest BCUT2D eigenvalue weighted by Gasteiger charge is -2.25. The van der Waals surface area contributed by atoms with Gasteiger partial charge in [-0.1, -0.05) is 0 Å². The largest absolute Gasteiger partial charge is 0.376 e. The Morgan fingerprint density at radius 3 is 3.15 bits per heavy atom. The summed E-state index contributed by atoms with van der Waals surface area (Å²) in [7, 11) is 0. The van der Waals surface area contributed by atoms with Crippen LogP contribution in [-0.4, -0.2) is 35.8 Å². The fourth-order valence-corrected chi connectivity index (χ4v) is 3.30. The third-order valence-electron chi connectivity index (χ3n) is 3.56. The minimum atomic E-state index is 0.299. The lowest BCUT2D eigenvalue weighted by atomic mass is 10.2. The van der Waals surface area contributed by atoms with Gasteiger partial charge in [0, 0.05) is 19.7 Å². The number of rotatable bonds is 5. The Balaban J connectivity index is 1.94. The van der Waals surface area contributed by atoms with Gasteiger partial charge in [0.25, 0.3) is 0 Å². The van der Waals surface area contributed by atoms with Crippen LogP contribution in [0.25, 0.3) is 10.2 Å². The molecule has 1 aliphatic heterocycles. The average molecular weight is 293 g/mol. The van der Waals surface area contributed by atoms with Crippen molar-refractivity contribution in [3.8, 4) is 0 Å². The van der Waals surface area contributed by atoms with Gasteiger partial charge in [-0.05, 0) is 31.2 Å². The number of thiophene rings is 1. The summed E-state index contributed by atoms with van der Waals surface area (Å²) in [5, 5.41) is 3.11. The van der Waals surface area contributed by atoms with E-state index in [0.717, 1.165) is 48.6 Å². The average Bonchev–Trinajstić information content (AvgIpc) is 3.14. The number of likely N-dealkylation sites (N-methyl/N-ethyl adjacent to an activating group) is 1. The van der Waals surface area contributed by atoms with E-state index in [2.05, 4.69) is 33.3 Å². The van der Waals surface area contributed by atoms with Crippen LogP contribution in [0, 0.1) is 0 Å². The van der Waals surface area contributed by atoms with E-state index in [0.29, 0.717) is 12.1 Å². The summed E-state index contributed by atoms with van der Waals surface area (Å²) in [6, 6.07) is 2.06. The molecule has 1 saturated heterocycles. The molecule has 0 bridgehead atoms. The molecular weight excluding hydrogens is 274 g/mol. The van der Waals surface area contributed by atoms with Gasteiger partial charge in [-0.15, -0.1) is 11.3 Å². The van der Waals surface area contributed by atoms with E-state index in [9.17, 15) is 0 Å². The second kappa shape index (κ2) is 5.90. The molecule has 0 spiro atoms. The highest BCUT2D eigenvalue weighted by atomic mass is 32.1. The van der Waals surface area contributed by atoms with Crippen LogP contribution in [-0.2, 0) is 4.74 Å². The molecule has 1 atom stereocenters. The third kappa shape index (κ3) is 2.56. The van der Waals surface area contributed by atoms with E-state index in [4.69, 9.17) is 10.6 Å². The quantitative estimate of drug-likeness (QED) is 0.648. The summed E-state index contributed by atoms with van der Waals surface area (Å²) in [6.45, 7) is 4.74. The number of nitrogens with two attached hydrogens (primary N) is 1. The standard InChI is InChI=1S/C13H19N5OS/c1-2-18(8-9-4-3-6-19-9)11-10-5-7-20-12(10)16-13(15-11)17-14/h5,7,9H,2-4,6,8,14H2,1H3,(H,15,16,17). The van der Waals surface area contributed by atoms with Crippen LogP contribution in [0.5, 0.6) is 0 Å². The molecule has 0 saturated carbocycles. The number of aromatic nitrogens is 2. The van der Waals surface area contributed by atoms with Crippen LogP contribution in [0.4, 0.5) is 11.8 Å². The molecule has 7 heteroatoms. The van der Waals surface area contributed by atoms with Gasteiger partial charge in [-0.25, -0.2) is 10.8 Å². The normalized spacial score (nSPS) is 18.6. The van der Waals surface area contributed by atoms with Crippen LogP contribution in [0.2, 0.25) is 0 Å². The monoisotopic (exact) mass is 293 g/mol. The van der Waals surface area contributed by atoms with Crippen molar-refractivity contribution in [3.05, 3.63) is 11.4 Å². The van der Waals surface area contributed by atoms with E-state index in [-0.39, 0.29) is 0 Å². The Morgan fingerprint density at radius 1 is 1.55 bits per heavy atom. The molecule has 1 fully saturated rings. The lowest BCUT2D eigenvalue weighted by molar-refractivity contribution is 0.115. The number of hydrogen-bond donors (Lipinski definition) is 2. The van der Waals surface area contributed by atoms with Crippen LogP contribution in [0.15, 0.2) is 11.4 Å². The van der Waals surface area contributed by atoms with Crippen molar-refractivity contribution in [3.63, 3.8) is 0 Å². The first-order valence-corrected chi connectivity index (χ1v) is 7.78. The molecule has 1 unspecified atom stereocenters. The SMILES string of the molecule is CCN(CC1CCCO1)c1nc(NN)nc2sccc12. The van der Waals surface area contributed by atoms with Crippen LogP contribution in [0.3, 0.4) is 0 Å². The predicted molar refractivity (Wildman–Crippen MR) is 82.1 cm³/mol. The van der Waals surface area contributed by atoms with E-state index in [1.165, 1.54) is 0 Å². The summed E-state index contributed by atoms with van der Waals surface area (Å²) >= 11 is 1.60. The van der Waals surface area contributed by atoms with Crippen LogP contribution < -0.4 is 16.2 Å². The van der Waals surface area contributed by atoms with Gasteiger partial charge in [-0.3, -0.25) is 5.43 Å². The highest BCUT2D eigenvalue weighted by Gasteiger charge is 2.21. The highest BCUT2D eigenvalue weighted by molar-refractivity contribution is 7.16. The third-order valence-corrected chi connectivity index (χ3v) is 4.37. The smallest absolute Gasteiger partial charge is 0.240 e. The Kier molecular flexibility index (Phi) is 4.00. The summed E-state index contributed by atoms with van der Waals surface area (Å²) in [4.78, 5) is 12.1. The Hall–Kier alpha value is -1.44. The molecule has 2 aromatic rings. The van der Waals surface area contributed by atoms with Gasteiger partial charge in [0.15, 0.2) is 0 Å². The van der Waals surface area contributed by atoms with Gasteiger partial charge < -0.3 is 9.64 Å². The molecule has 3 N–H and O–H groups in total. The molecule has 6 nitrogen and oxygen atoms in total. The second-order valence-electron chi connectivity index (χ2n) is 4.83. The van der Waals surface area contributed by atoms with E-state index in [1.807, 2.05) is 5.38 Å². The molecule has 108 valence electrons. The van der Waals surface area contributed by atoms with E-state index in [1.54, 1.807) is 11.3 Å². The van der Waals surface area contributed by atoms with Gasteiger partial charge in [0.2, 0.25) is 5.95 Å². The molecular formula is C13H19N5OS. The first-order valence-electron chi connectivity index (χ1n) is 6.90. The van der Waals surface area contributed by atoms with Gasteiger partial charge >= 0.3 is 0 Å². The van der Waals surface area contributed by atoms with Gasteiger partial charge in [0.05, 0.1) is 11.5 Å². The number of hydrazine groups is 1. The number of nitrogens with one attached hydrogen (secondary N) is 1. The zero-order valence-corrected chi connectivity index (χ0v) is 12.3. The number of ether oxygens (including phenoxy) is 1. The maximum absolute atomic E-state index is 5.73. The highest BCUT2D eigenvalue weighted by Crippen LogP contribution is 2.29.